The summed E-state index contributed by atoms with van der Waals surface area (Å²) in [6.45, 7) is 2.42. The van der Waals surface area contributed by atoms with Crippen LogP contribution in [0.2, 0.25) is 0 Å². The minimum Gasteiger partial charge on any atom is -0.508 e. The summed E-state index contributed by atoms with van der Waals surface area (Å²) in [5, 5.41) is 19.7. The highest BCUT2D eigenvalue weighted by molar-refractivity contribution is 5.51. The van der Waals surface area contributed by atoms with E-state index < -0.39 is 0 Å². The van der Waals surface area contributed by atoms with Crippen LogP contribution in [0, 0.1) is 0 Å². The summed E-state index contributed by atoms with van der Waals surface area (Å²) in [5.41, 5.74) is 6.80. The third kappa shape index (κ3) is 5.32. The highest BCUT2D eigenvalue weighted by Crippen LogP contribution is 2.38. The van der Waals surface area contributed by atoms with Crippen molar-refractivity contribution >= 4 is 0 Å². The van der Waals surface area contributed by atoms with Crippen LogP contribution in [0.1, 0.15) is 46.6 Å². The van der Waals surface area contributed by atoms with Gasteiger partial charge in [0.2, 0.25) is 0 Å². The molecule has 0 aliphatic carbocycles. The van der Waals surface area contributed by atoms with Crippen LogP contribution >= 0.6 is 0 Å². The molecule has 3 heterocycles. The lowest BCUT2D eigenvalue weighted by Crippen LogP contribution is -2.19. The van der Waals surface area contributed by atoms with Gasteiger partial charge in [0, 0.05) is 11.8 Å². The van der Waals surface area contributed by atoms with Crippen molar-refractivity contribution in [2.75, 3.05) is 6.61 Å². The van der Waals surface area contributed by atoms with Crippen LogP contribution < -0.4 is 4.74 Å². The topological polar surface area (TPSA) is 58.9 Å². The van der Waals surface area contributed by atoms with Crippen molar-refractivity contribution in [3.8, 4) is 17.2 Å². The summed E-state index contributed by atoms with van der Waals surface area (Å²) in [5.74, 6) is 2.14. The molecule has 4 aromatic rings. The Morgan fingerprint density at radius 1 is 0.667 bits per heavy atom. The van der Waals surface area contributed by atoms with Gasteiger partial charge >= 0.3 is 0 Å². The summed E-state index contributed by atoms with van der Waals surface area (Å²) in [6.07, 6.45) is 8.25. The SMILES string of the molecule is C\C1=C/C=C2\C=C\C(COc3ccc(cc3)C2c2ccc(C(c3ccc(O)cc3)c3ccc(O)cc3)cc2)O1. The van der Waals surface area contributed by atoms with E-state index in [0.717, 1.165) is 28.2 Å². The molecule has 0 amide bonds. The van der Waals surface area contributed by atoms with Crippen molar-refractivity contribution in [1.29, 1.82) is 0 Å². The molecule has 4 aromatic carbocycles. The molecule has 2 unspecified atom stereocenters. The van der Waals surface area contributed by atoms with Gasteiger partial charge in [0.25, 0.3) is 0 Å². The van der Waals surface area contributed by atoms with E-state index in [4.69, 9.17) is 9.47 Å². The number of phenolic OH excluding ortho intramolecular Hbond substituents is 2. The zero-order chi connectivity index (χ0) is 26.8. The lowest BCUT2D eigenvalue weighted by Gasteiger charge is -2.23. The zero-order valence-electron chi connectivity index (χ0n) is 21.7. The predicted molar refractivity (Wildman–Crippen MR) is 153 cm³/mol. The summed E-state index contributed by atoms with van der Waals surface area (Å²) >= 11 is 0. The Labute approximate surface area is 228 Å². The molecule has 39 heavy (non-hydrogen) atoms. The second-order valence-corrected chi connectivity index (χ2v) is 10.1. The van der Waals surface area contributed by atoms with Crippen LogP contribution in [-0.2, 0) is 4.74 Å². The van der Waals surface area contributed by atoms with Crippen molar-refractivity contribution in [2.24, 2.45) is 0 Å². The first-order valence-electron chi connectivity index (χ1n) is 13.2. The molecule has 194 valence electrons. The zero-order valence-corrected chi connectivity index (χ0v) is 21.7. The fourth-order valence-corrected chi connectivity index (χ4v) is 5.39. The van der Waals surface area contributed by atoms with E-state index in [9.17, 15) is 10.2 Å². The average molecular weight is 515 g/mol. The van der Waals surface area contributed by atoms with Gasteiger partial charge in [-0.05, 0) is 88.9 Å². The Kier molecular flexibility index (Phi) is 6.68. The van der Waals surface area contributed by atoms with E-state index in [1.54, 1.807) is 24.3 Å². The summed E-state index contributed by atoms with van der Waals surface area (Å²) < 4.78 is 12.0. The highest BCUT2D eigenvalue weighted by atomic mass is 16.5. The number of benzene rings is 4. The molecular weight excluding hydrogens is 484 g/mol. The molecule has 3 aliphatic rings. The molecule has 0 radical (unpaired) electrons. The molecule has 4 bridgehead atoms. The number of rotatable bonds is 4. The molecule has 0 saturated carbocycles. The number of allylic oxidation sites excluding steroid dienone is 5. The lowest BCUT2D eigenvalue weighted by atomic mass is 9.81. The van der Waals surface area contributed by atoms with E-state index in [1.807, 2.05) is 49.4 Å². The molecule has 0 spiro atoms. The number of hydrogen-bond acceptors (Lipinski definition) is 4. The molecular formula is C35H30O4. The van der Waals surface area contributed by atoms with Crippen LogP contribution in [0.25, 0.3) is 0 Å². The van der Waals surface area contributed by atoms with Crippen LogP contribution in [-0.4, -0.2) is 22.9 Å². The second kappa shape index (κ2) is 10.6. The number of fused-ring (bicyclic) bond motifs is 3. The Hall–Kier alpha value is -4.70. The van der Waals surface area contributed by atoms with Gasteiger partial charge in [-0.25, -0.2) is 0 Å². The molecule has 3 aliphatic heterocycles. The van der Waals surface area contributed by atoms with E-state index >= 15 is 0 Å². The second-order valence-electron chi connectivity index (χ2n) is 10.1. The highest BCUT2D eigenvalue weighted by Gasteiger charge is 2.23. The van der Waals surface area contributed by atoms with Gasteiger partial charge in [-0.1, -0.05) is 72.8 Å². The monoisotopic (exact) mass is 514 g/mol. The Bertz CT molecular complexity index is 1480. The van der Waals surface area contributed by atoms with Gasteiger partial charge in [0.05, 0.1) is 5.76 Å². The number of hydrogen-bond donors (Lipinski definition) is 2. The van der Waals surface area contributed by atoms with E-state index in [2.05, 4.69) is 54.6 Å². The minimum absolute atomic E-state index is 0.0334. The van der Waals surface area contributed by atoms with E-state index in [1.165, 1.54) is 16.7 Å². The fraction of sp³-hybridized carbons (Fsp3) is 0.143. The number of aromatic hydroxyl groups is 2. The van der Waals surface area contributed by atoms with Crippen LogP contribution in [0.5, 0.6) is 17.2 Å². The van der Waals surface area contributed by atoms with Crippen molar-refractivity contribution in [2.45, 2.75) is 24.9 Å². The third-order valence-corrected chi connectivity index (χ3v) is 7.37. The van der Waals surface area contributed by atoms with Crippen molar-refractivity contribution in [3.05, 3.63) is 161 Å². The molecule has 4 heteroatoms. The van der Waals surface area contributed by atoms with Crippen molar-refractivity contribution in [1.82, 2.24) is 0 Å². The van der Waals surface area contributed by atoms with Crippen LogP contribution in [0.15, 0.2) is 133 Å². The summed E-state index contributed by atoms with van der Waals surface area (Å²) in [4.78, 5) is 0. The van der Waals surface area contributed by atoms with Crippen LogP contribution in [0.3, 0.4) is 0 Å². The maximum Gasteiger partial charge on any atom is 0.151 e. The largest absolute Gasteiger partial charge is 0.508 e. The Balaban J connectivity index is 1.43. The lowest BCUT2D eigenvalue weighted by molar-refractivity contribution is 0.103. The Morgan fingerprint density at radius 2 is 1.18 bits per heavy atom. The summed E-state index contributed by atoms with van der Waals surface area (Å²) in [7, 11) is 0. The first-order valence-corrected chi connectivity index (χ1v) is 13.2. The number of ether oxygens (including phenoxy) is 2. The first-order chi connectivity index (χ1) is 19.0. The molecule has 7 rings (SSSR count). The molecule has 4 nitrogen and oxygen atoms in total. The molecule has 0 aromatic heterocycles. The quantitative estimate of drug-likeness (QED) is 0.276. The minimum atomic E-state index is -0.166. The van der Waals surface area contributed by atoms with Gasteiger partial charge < -0.3 is 19.7 Å². The molecule has 0 fully saturated rings. The summed E-state index contributed by atoms with van der Waals surface area (Å²) in [6, 6.07) is 31.8. The first kappa shape index (κ1) is 24.6. The average Bonchev–Trinajstić information content (AvgIpc) is 2.98. The maximum absolute atomic E-state index is 9.87. The normalized spacial score (nSPS) is 21.8. The van der Waals surface area contributed by atoms with E-state index in [-0.39, 0.29) is 29.4 Å². The van der Waals surface area contributed by atoms with Gasteiger partial charge in [-0.15, -0.1) is 0 Å². The third-order valence-electron chi connectivity index (χ3n) is 7.37. The molecule has 2 N–H and O–H groups in total. The van der Waals surface area contributed by atoms with Gasteiger partial charge in [0.1, 0.15) is 23.9 Å². The fourth-order valence-electron chi connectivity index (χ4n) is 5.39. The van der Waals surface area contributed by atoms with Gasteiger partial charge in [-0.2, -0.15) is 0 Å². The predicted octanol–water partition coefficient (Wildman–Crippen LogP) is 7.59. The van der Waals surface area contributed by atoms with E-state index in [0.29, 0.717) is 6.61 Å². The van der Waals surface area contributed by atoms with Gasteiger partial charge in [-0.3, -0.25) is 0 Å². The Morgan fingerprint density at radius 3 is 1.74 bits per heavy atom. The smallest absolute Gasteiger partial charge is 0.151 e. The van der Waals surface area contributed by atoms with Crippen LogP contribution in [0.4, 0.5) is 0 Å². The number of phenols is 2. The standard InChI is InChI=1S/C35H30O4/c1-23-2-3-24-14-21-33(39-23)22-38-32-19-12-29(13-20-32)34(24)25-4-6-26(7-5-25)35(27-8-15-30(36)16-9-27)28-10-17-31(37)18-11-28/h2-21,33-37H,22H2,1H3/b21-14+,23-2+,24-3+. The van der Waals surface area contributed by atoms with Crippen molar-refractivity contribution in [3.63, 3.8) is 0 Å². The molecule has 0 saturated heterocycles. The maximum atomic E-state index is 9.87. The van der Waals surface area contributed by atoms with Crippen molar-refractivity contribution < 1.29 is 19.7 Å². The van der Waals surface area contributed by atoms with Gasteiger partial charge in [0.15, 0.2) is 6.10 Å². The molecule has 2 atom stereocenters.